The van der Waals surface area contributed by atoms with Crippen LogP contribution in [0.1, 0.15) is 89.3 Å². The molecule has 0 amide bonds. The first-order valence-electron chi connectivity index (χ1n) is 9.81. The predicted molar refractivity (Wildman–Crippen MR) is 117 cm³/mol. The van der Waals surface area contributed by atoms with Gasteiger partial charge in [0.05, 0.1) is 0 Å². The van der Waals surface area contributed by atoms with Crippen LogP contribution in [0.5, 0.6) is 0 Å². The third-order valence-electron chi connectivity index (χ3n) is 5.62. The Hall–Kier alpha value is -1.21. The van der Waals surface area contributed by atoms with E-state index in [2.05, 4.69) is 97.9 Å². The van der Waals surface area contributed by atoms with E-state index in [0.717, 1.165) is 0 Å². The summed E-state index contributed by atoms with van der Waals surface area (Å²) in [6.45, 7) is 18.9. The van der Waals surface area contributed by atoms with Gasteiger partial charge in [0.15, 0.2) is 0 Å². The Balaban J connectivity index is 2.18. The summed E-state index contributed by atoms with van der Waals surface area (Å²) in [7, 11) is 0. The predicted octanol–water partition coefficient (Wildman–Crippen LogP) is 7.80. The summed E-state index contributed by atoms with van der Waals surface area (Å²) in [5.41, 5.74) is 6.74. The van der Waals surface area contributed by atoms with E-state index in [1.54, 1.807) is 16.7 Å². The van der Waals surface area contributed by atoms with Gasteiger partial charge in [0, 0.05) is 10.1 Å². The lowest BCUT2D eigenvalue weighted by Gasteiger charge is -2.30. The monoisotopic (exact) mass is 366 g/mol. The summed E-state index contributed by atoms with van der Waals surface area (Å²) >= 11 is 2.04. The van der Waals surface area contributed by atoms with Crippen molar-refractivity contribution < 1.29 is 0 Å². The molecule has 2 aromatic rings. The average Bonchev–Trinajstić information content (AvgIpc) is 2.76. The van der Waals surface area contributed by atoms with Crippen LogP contribution >= 0.6 is 11.8 Å². The van der Waals surface area contributed by atoms with Gasteiger partial charge in [-0.3, -0.25) is 0 Å². The van der Waals surface area contributed by atoms with Crippen LogP contribution in [-0.4, -0.2) is 0 Å². The maximum atomic E-state index is 2.51. The van der Waals surface area contributed by atoms with E-state index in [0.29, 0.717) is 5.25 Å². The molecular weight excluding hydrogens is 332 g/mol. The smallest absolute Gasteiger partial charge is 0.0358 e. The van der Waals surface area contributed by atoms with Crippen molar-refractivity contribution in [1.29, 1.82) is 0 Å². The first-order chi connectivity index (χ1) is 11.9. The average molecular weight is 367 g/mol. The van der Waals surface area contributed by atoms with Crippen molar-refractivity contribution in [3.63, 3.8) is 0 Å². The van der Waals surface area contributed by atoms with Crippen molar-refractivity contribution in [1.82, 2.24) is 0 Å². The van der Waals surface area contributed by atoms with Crippen LogP contribution < -0.4 is 0 Å². The minimum Gasteiger partial charge on any atom is -0.118 e. The molecule has 26 heavy (non-hydrogen) atoms. The molecule has 0 aliphatic heterocycles. The topological polar surface area (TPSA) is 0 Å². The second-order valence-electron chi connectivity index (χ2n) is 10.5. The first-order valence-corrected chi connectivity index (χ1v) is 10.7. The van der Waals surface area contributed by atoms with E-state index in [9.17, 15) is 0 Å². The molecule has 0 bridgehead atoms. The molecule has 0 saturated heterocycles. The van der Waals surface area contributed by atoms with Crippen LogP contribution in [0.15, 0.2) is 47.4 Å². The van der Waals surface area contributed by atoms with Gasteiger partial charge in [0.1, 0.15) is 0 Å². The number of hydrogen-bond acceptors (Lipinski definition) is 1. The Morgan fingerprint density at radius 1 is 0.885 bits per heavy atom. The normalized spacial score (nSPS) is 19.5. The standard InChI is InChI=1S/C25H34S/c1-23(2,3)17-14-19(24(4,5)6)22-20(15-17)25(7,8)16-21(22)26-18-12-10-9-11-13-18/h9-15,21H,16H2,1-8H3. The summed E-state index contributed by atoms with van der Waals surface area (Å²) in [6.07, 6.45) is 1.21. The third kappa shape index (κ3) is 3.74. The van der Waals surface area contributed by atoms with Crippen molar-refractivity contribution in [2.24, 2.45) is 0 Å². The molecule has 3 rings (SSSR count). The Morgan fingerprint density at radius 3 is 2.04 bits per heavy atom. The van der Waals surface area contributed by atoms with E-state index in [-0.39, 0.29) is 16.2 Å². The molecule has 0 N–H and O–H groups in total. The molecule has 1 aliphatic rings. The molecule has 0 radical (unpaired) electrons. The van der Waals surface area contributed by atoms with Crippen molar-refractivity contribution in [2.75, 3.05) is 0 Å². The molecular formula is C25H34S. The van der Waals surface area contributed by atoms with Gasteiger partial charge in [-0.15, -0.1) is 11.8 Å². The van der Waals surface area contributed by atoms with E-state index in [1.165, 1.54) is 16.9 Å². The molecule has 0 heterocycles. The molecule has 0 fully saturated rings. The van der Waals surface area contributed by atoms with Gasteiger partial charge in [-0.1, -0.05) is 85.7 Å². The molecule has 0 aromatic heterocycles. The molecule has 0 saturated carbocycles. The lowest BCUT2D eigenvalue weighted by molar-refractivity contribution is 0.516. The zero-order chi connectivity index (χ0) is 19.3. The number of rotatable bonds is 2. The summed E-state index contributed by atoms with van der Waals surface area (Å²) in [5, 5.41) is 0.533. The zero-order valence-electron chi connectivity index (χ0n) is 17.7. The highest BCUT2D eigenvalue weighted by Gasteiger charge is 2.41. The molecule has 2 aromatic carbocycles. The van der Waals surface area contributed by atoms with Gasteiger partial charge in [-0.05, 0) is 57.1 Å². The molecule has 0 nitrogen and oxygen atoms in total. The number of hydrogen-bond donors (Lipinski definition) is 0. The fourth-order valence-corrected chi connectivity index (χ4v) is 5.57. The largest absolute Gasteiger partial charge is 0.118 e. The van der Waals surface area contributed by atoms with E-state index in [4.69, 9.17) is 0 Å². The van der Waals surface area contributed by atoms with E-state index < -0.39 is 0 Å². The van der Waals surface area contributed by atoms with Crippen LogP contribution in [0.3, 0.4) is 0 Å². The fraction of sp³-hybridized carbons (Fsp3) is 0.520. The highest BCUT2D eigenvalue weighted by molar-refractivity contribution is 7.99. The van der Waals surface area contributed by atoms with E-state index in [1.807, 2.05) is 11.8 Å². The van der Waals surface area contributed by atoms with Crippen molar-refractivity contribution in [2.45, 2.75) is 88.2 Å². The van der Waals surface area contributed by atoms with Gasteiger partial charge < -0.3 is 0 Å². The molecule has 140 valence electrons. The maximum Gasteiger partial charge on any atom is 0.0358 e. The van der Waals surface area contributed by atoms with Crippen LogP contribution in [0, 0.1) is 0 Å². The van der Waals surface area contributed by atoms with Gasteiger partial charge in [0.25, 0.3) is 0 Å². The fourth-order valence-electron chi connectivity index (χ4n) is 4.05. The summed E-state index contributed by atoms with van der Waals surface area (Å²) in [6, 6.07) is 15.9. The second-order valence-corrected chi connectivity index (χ2v) is 11.8. The third-order valence-corrected chi connectivity index (χ3v) is 6.85. The van der Waals surface area contributed by atoms with Crippen molar-refractivity contribution in [3.05, 3.63) is 64.7 Å². The SMILES string of the molecule is CC(C)(C)c1cc(C(C)(C)C)c2c(c1)C(C)(C)CC2Sc1ccccc1. The number of thioether (sulfide) groups is 1. The highest BCUT2D eigenvalue weighted by Crippen LogP contribution is 2.56. The van der Waals surface area contributed by atoms with Gasteiger partial charge in [0.2, 0.25) is 0 Å². The second kappa shape index (κ2) is 6.44. The molecule has 1 atom stereocenters. The summed E-state index contributed by atoms with van der Waals surface area (Å²) in [5.74, 6) is 0. The minimum absolute atomic E-state index is 0.154. The molecule has 1 heteroatoms. The number of benzene rings is 2. The van der Waals surface area contributed by atoms with Crippen LogP contribution in [-0.2, 0) is 16.2 Å². The summed E-state index contributed by atoms with van der Waals surface area (Å²) in [4.78, 5) is 1.38. The van der Waals surface area contributed by atoms with Crippen LogP contribution in [0.25, 0.3) is 0 Å². The quantitative estimate of drug-likeness (QED) is 0.522. The van der Waals surface area contributed by atoms with Gasteiger partial charge >= 0.3 is 0 Å². The maximum absolute atomic E-state index is 2.51. The Morgan fingerprint density at radius 2 is 1.50 bits per heavy atom. The highest BCUT2D eigenvalue weighted by atomic mass is 32.2. The minimum atomic E-state index is 0.154. The Kier molecular flexibility index (Phi) is 4.84. The van der Waals surface area contributed by atoms with E-state index >= 15 is 0 Å². The van der Waals surface area contributed by atoms with Crippen LogP contribution in [0.2, 0.25) is 0 Å². The lowest BCUT2D eigenvalue weighted by atomic mass is 9.75. The molecule has 1 unspecified atom stereocenters. The summed E-state index contributed by atoms with van der Waals surface area (Å²) < 4.78 is 0. The first kappa shape index (κ1) is 19.5. The van der Waals surface area contributed by atoms with Crippen LogP contribution in [0.4, 0.5) is 0 Å². The van der Waals surface area contributed by atoms with Crippen molar-refractivity contribution >= 4 is 11.8 Å². The van der Waals surface area contributed by atoms with Gasteiger partial charge in [-0.25, -0.2) is 0 Å². The molecule has 0 spiro atoms. The lowest BCUT2D eigenvalue weighted by Crippen LogP contribution is -2.21. The zero-order valence-corrected chi connectivity index (χ0v) is 18.6. The molecule has 1 aliphatic carbocycles. The Labute approximate surface area is 164 Å². The number of fused-ring (bicyclic) bond motifs is 1. The Bertz CT molecular complexity index is 785. The van der Waals surface area contributed by atoms with Gasteiger partial charge in [-0.2, -0.15) is 0 Å². The van der Waals surface area contributed by atoms with Crippen molar-refractivity contribution in [3.8, 4) is 0 Å².